The van der Waals surface area contributed by atoms with E-state index in [4.69, 9.17) is 0 Å². The third-order valence-electron chi connectivity index (χ3n) is 2.62. The molecule has 0 bridgehead atoms. The van der Waals surface area contributed by atoms with Crippen LogP contribution in [0.15, 0.2) is 31.1 Å². The summed E-state index contributed by atoms with van der Waals surface area (Å²) in [6.45, 7) is 3.71. The number of hydrogen-bond donors (Lipinski definition) is 0. The molecule has 0 fully saturated rings. The van der Waals surface area contributed by atoms with E-state index >= 15 is 0 Å². The SMILES string of the molecule is C=CCCCc1nnc(-c2ccnnc2)n1C. The number of unbranched alkanes of at least 4 members (excludes halogenated alkanes) is 1. The van der Waals surface area contributed by atoms with Crippen LogP contribution in [0.5, 0.6) is 0 Å². The highest BCUT2D eigenvalue weighted by atomic mass is 15.3. The van der Waals surface area contributed by atoms with Crippen molar-refractivity contribution in [3.63, 3.8) is 0 Å². The molecule has 0 spiro atoms. The Morgan fingerprint density at radius 2 is 2.24 bits per heavy atom. The first-order valence-corrected chi connectivity index (χ1v) is 5.59. The average Bonchev–Trinajstić information content (AvgIpc) is 2.73. The molecule has 0 unspecified atom stereocenters. The van der Waals surface area contributed by atoms with Gasteiger partial charge in [0.1, 0.15) is 5.82 Å². The number of nitrogens with zero attached hydrogens (tertiary/aromatic N) is 5. The van der Waals surface area contributed by atoms with Gasteiger partial charge in [-0.05, 0) is 18.9 Å². The Hall–Kier alpha value is -2.04. The van der Waals surface area contributed by atoms with Crippen molar-refractivity contribution in [1.29, 1.82) is 0 Å². The highest BCUT2D eigenvalue weighted by molar-refractivity contribution is 5.52. The highest BCUT2D eigenvalue weighted by Gasteiger charge is 2.09. The van der Waals surface area contributed by atoms with E-state index < -0.39 is 0 Å². The number of hydrogen-bond acceptors (Lipinski definition) is 4. The average molecular weight is 229 g/mol. The third kappa shape index (κ3) is 2.55. The minimum Gasteiger partial charge on any atom is -0.314 e. The number of allylic oxidation sites excluding steroid dienone is 1. The molecule has 17 heavy (non-hydrogen) atoms. The molecular weight excluding hydrogens is 214 g/mol. The Labute approximate surface area is 100 Å². The van der Waals surface area contributed by atoms with Crippen molar-refractivity contribution in [3.05, 3.63) is 36.9 Å². The number of aryl methyl sites for hydroxylation is 1. The van der Waals surface area contributed by atoms with E-state index in [1.807, 2.05) is 23.8 Å². The molecule has 0 radical (unpaired) electrons. The lowest BCUT2D eigenvalue weighted by molar-refractivity contribution is 0.733. The van der Waals surface area contributed by atoms with Gasteiger partial charge in [0.25, 0.3) is 0 Å². The van der Waals surface area contributed by atoms with E-state index in [1.54, 1.807) is 12.4 Å². The van der Waals surface area contributed by atoms with Gasteiger partial charge in [-0.1, -0.05) is 6.08 Å². The van der Waals surface area contributed by atoms with E-state index in [9.17, 15) is 0 Å². The van der Waals surface area contributed by atoms with Gasteiger partial charge >= 0.3 is 0 Å². The van der Waals surface area contributed by atoms with Gasteiger partial charge in [-0.25, -0.2) is 0 Å². The van der Waals surface area contributed by atoms with Gasteiger partial charge in [0, 0.05) is 19.0 Å². The zero-order valence-electron chi connectivity index (χ0n) is 9.87. The third-order valence-corrected chi connectivity index (χ3v) is 2.62. The molecule has 2 aromatic heterocycles. The Kier molecular flexibility index (Phi) is 3.59. The van der Waals surface area contributed by atoms with Crippen LogP contribution < -0.4 is 0 Å². The fourth-order valence-corrected chi connectivity index (χ4v) is 1.66. The van der Waals surface area contributed by atoms with Crippen molar-refractivity contribution in [2.45, 2.75) is 19.3 Å². The van der Waals surface area contributed by atoms with Crippen molar-refractivity contribution in [1.82, 2.24) is 25.0 Å². The molecule has 5 nitrogen and oxygen atoms in total. The van der Waals surface area contributed by atoms with Crippen molar-refractivity contribution in [2.24, 2.45) is 7.05 Å². The topological polar surface area (TPSA) is 56.5 Å². The van der Waals surface area contributed by atoms with Crippen LogP contribution in [0, 0.1) is 0 Å². The maximum atomic E-state index is 4.19. The van der Waals surface area contributed by atoms with Crippen molar-refractivity contribution < 1.29 is 0 Å². The van der Waals surface area contributed by atoms with E-state index in [2.05, 4.69) is 27.0 Å². The molecule has 0 aromatic carbocycles. The van der Waals surface area contributed by atoms with Gasteiger partial charge in [0.15, 0.2) is 5.82 Å². The smallest absolute Gasteiger partial charge is 0.165 e. The molecule has 0 atom stereocenters. The van der Waals surface area contributed by atoms with Crippen molar-refractivity contribution >= 4 is 0 Å². The van der Waals surface area contributed by atoms with Gasteiger partial charge in [-0.15, -0.1) is 16.8 Å². The molecule has 0 amide bonds. The van der Waals surface area contributed by atoms with Crippen LogP contribution >= 0.6 is 0 Å². The molecule has 0 saturated heterocycles. The summed E-state index contributed by atoms with van der Waals surface area (Å²) in [4.78, 5) is 0. The predicted molar refractivity (Wildman–Crippen MR) is 65.2 cm³/mol. The zero-order chi connectivity index (χ0) is 12.1. The fraction of sp³-hybridized carbons (Fsp3) is 0.333. The first-order valence-electron chi connectivity index (χ1n) is 5.59. The number of rotatable bonds is 5. The van der Waals surface area contributed by atoms with Gasteiger partial charge in [-0.2, -0.15) is 10.2 Å². The zero-order valence-corrected chi connectivity index (χ0v) is 9.87. The van der Waals surface area contributed by atoms with Crippen LogP contribution in [0.4, 0.5) is 0 Å². The van der Waals surface area contributed by atoms with Crippen LogP contribution in [-0.2, 0) is 13.5 Å². The summed E-state index contributed by atoms with van der Waals surface area (Å²) in [5.41, 5.74) is 0.935. The maximum absolute atomic E-state index is 4.19. The summed E-state index contributed by atoms with van der Waals surface area (Å²) in [5, 5.41) is 16.0. The molecule has 2 heterocycles. The van der Waals surface area contributed by atoms with E-state index in [1.165, 1.54) is 0 Å². The first-order chi connectivity index (χ1) is 8.33. The second-order valence-electron chi connectivity index (χ2n) is 3.81. The second-order valence-corrected chi connectivity index (χ2v) is 3.81. The lowest BCUT2D eigenvalue weighted by atomic mass is 10.2. The summed E-state index contributed by atoms with van der Waals surface area (Å²) >= 11 is 0. The molecule has 5 heteroatoms. The van der Waals surface area contributed by atoms with Crippen LogP contribution in [0.1, 0.15) is 18.7 Å². The quantitative estimate of drug-likeness (QED) is 0.579. The minimum atomic E-state index is 0.827. The Bertz CT molecular complexity index is 489. The molecule has 0 aliphatic heterocycles. The minimum absolute atomic E-state index is 0.827. The summed E-state index contributed by atoms with van der Waals surface area (Å²) < 4.78 is 2.00. The molecule has 0 aliphatic carbocycles. The normalized spacial score (nSPS) is 10.4. The first kappa shape index (κ1) is 11.4. The largest absolute Gasteiger partial charge is 0.314 e. The van der Waals surface area contributed by atoms with Crippen molar-refractivity contribution in [2.75, 3.05) is 0 Å². The van der Waals surface area contributed by atoms with Crippen LogP contribution in [0.25, 0.3) is 11.4 Å². The second kappa shape index (κ2) is 5.34. The summed E-state index contributed by atoms with van der Waals surface area (Å²) in [5.74, 6) is 1.81. The van der Waals surface area contributed by atoms with Gasteiger partial charge in [-0.3, -0.25) is 0 Å². The monoisotopic (exact) mass is 229 g/mol. The standard InChI is InChI=1S/C12H15N5/c1-3-4-5-6-11-15-16-12(17(11)2)10-7-8-13-14-9-10/h3,7-9H,1,4-6H2,2H3. The summed E-state index contributed by atoms with van der Waals surface area (Å²) in [6, 6.07) is 1.88. The molecule has 0 N–H and O–H groups in total. The van der Waals surface area contributed by atoms with E-state index in [0.29, 0.717) is 0 Å². The fourth-order valence-electron chi connectivity index (χ4n) is 1.66. The Morgan fingerprint density at radius 3 is 2.94 bits per heavy atom. The number of aromatic nitrogens is 5. The predicted octanol–water partition coefficient (Wildman–Crippen LogP) is 1.78. The Balaban J connectivity index is 2.18. The van der Waals surface area contributed by atoms with Crippen molar-refractivity contribution in [3.8, 4) is 11.4 Å². The molecule has 2 aromatic rings. The van der Waals surface area contributed by atoms with E-state index in [-0.39, 0.29) is 0 Å². The molecule has 88 valence electrons. The molecule has 0 saturated carbocycles. The van der Waals surface area contributed by atoms with Gasteiger partial charge in [0.2, 0.25) is 0 Å². The Morgan fingerprint density at radius 1 is 1.35 bits per heavy atom. The van der Waals surface area contributed by atoms with Gasteiger partial charge < -0.3 is 4.57 Å². The summed E-state index contributed by atoms with van der Waals surface area (Å²) in [6.07, 6.45) is 8.22. The van der Waals surface area contributed by atoms with Crippen LogP contribution in [0.3, 0.4) is 0 Å². The molecule has 0 aliphatic rings. The lowest BCUT2D eigenvalue weighted by Crippen LogP contribution is -2.00. The lowest BCUT2D eigenvalue weighted by Gasteiger charge is -2.02. The molecule has 2 rings (SSSR count). The molecular formula is C12H15N5. The highest BCUT2D eigenvalue weighted by Crippen LogP contribution is 2.15. The van der Waals surface area contributed by atoms with E-state index in [0.717, 1.165) is 36.5 Å². The van der Waals surface area contributed by atoms with Crippen LogP contribution in [-0.4, -0.2) is 25.0 Å². The maximum Gasteiger partial charge on any atom is 0.165 e. The summed E-state index contributed by atoms with van der Waals surface area (Å²) in [7, 11) is 1.97. The van der Waals surface area contributed by atoms with Gasteiger partial charge in [0.05, 0.1) is 12.4 Å². The van der Waals surface area contributed by atoms with Crippen LogP contribution in [0.2, 0.25) is 0 Å².